The highest BCUT2D eigenvalue weighted by Gasteiger charge is 2.10. The molecule has 1 fully saturated rings. The molecule has 0 radical (unpaired) electrons. The Balaban J connectivity index is 1.39. The summed E-state index contributed by atoms with van der Waals surface area (Å²) in [6.07, 6.45) is 1.31. The summed E-state index contributed by atoms with van der Waals surface area (Å²) in [5.41, 5.74) is 4.90. The predicted molar refractivity (Wildman–Crippen MR) is 104 cm³/mol. The van der Waals surface area contributed by atoms with Crippen LogP contribution in [-0.4, -0.2) is 37.1 Å². The van der Waals surface area contributed by atoms with E-state index in [2.05, 4.69) is 65.7 Å². The van der Waals surface area contributed by atoms with Crippen molar-refractivity contribution in [3.8, 4) is 0 Å². The Morgan fingerprint density at radius 3 is 2.27 bits per heavy atom. The molecule has 0 aromatic heterocycles. The van der Waals surface area contributed by atoms with Crippen molar-refractivity contribution < 1.29 is 9.53 Å². The molecule has 1 heterocycles. The van der Waals surface area contributed by atoms with Gasteiger partial charge in [0, 0.05) is 32.6 Å². The van der Waals surface area contributed by atoms with Crippen LogP contribution in [-0.2, 0) is 29.0 Å². The maximum absolute atomic E-state index is 12.1. The van der Waals surface area contributed by atoms with Crippen LogP contribution < -0.4 is 5.32 Å². The van der Waals surface area contributed by atoms with Gasteiger partial charge in [0.25, 0.3) is 0 Å². The molecule has 0 aliphatic carbocycles. The van der Waals surface area contributed by atoms with Gasteiger partial charge in [-0.25, -0.2) is 0 Å². The summed E-state index contributed by atoms with van der Waals surface area (Å²) in [6, 6.07) is 16.9. The van der Waals surface area contributed by atoms with Crippen molar-refractivity contribution in [1.82, 2.24) is 10.2 Å². The number of carbonyl (C=O) groups excluding carboxylic acids is 1. The summed E-state index contributed by atoms with van der Waals surface area (Å²) in [4.78, 5) is 14.5. The molecule has 0 saturated carbocycles. The highest BCUT2D eigenvalue weighted by molar-refractivity contribution is 5.76. The third-order valence-corrected chi connectivity index (χ3v) is 4.78. The smallest absolute Gasteiger partial charge is 0.220 e. The monoisotopic (exact) mass is 352 g/mol. The Bertz CT molecular complexity index is 689. The molecule has 2 aromatic carbocycles. The molecule has 26 heavy (non-hydrogen) atoms. The Hall–Kier alpha value is -2.17. The van der Waals surface area contributed by atoms with E-state index in [1.165, 1.54) is 16.7 Å². The average molecular weight is 352 g/mol. The van der Waals surface area contributed by atoms with E-state index in [-0.39, 0.29) is 5.91 Å². The third kappa shape index (κ3) is 5.97. The summed E-state index contributed by atoms with van der Waals surface area (Å²) >= 11 is 0. The fourth-order valence-electron chi connectivity index (χ4n) is 3.08. The molecule has 4 heteroatoms. The molecule has 0 spiro atoms. The lowest BCUT2D eigenvalue weighted by Gasteiger charge is -2.26. The molecule has 0 unspecified atom stereocenters. The van der Waals surface area contributed by atoms with Crippen molar-refractivity contribution in [2.24, 2.45) is 0 Å². The first kappa shape index (κ1) is 18.6. The first-order valence-electron chi connectivity index (χ1n) is 9.39. The van der Waals surface area contributed by atoms with Gasteiger partial charge >= 0.3 is 0 Å². The molecule has 138 valence electrons. The Labute approximate surface area is 156 Å². The van der Waals surface area contributed by atoms with Crippen LogP contribution in [0.4, 0.5) is 0 Å². The van der Waals surface area contributed by atoms with Crippen LogP contribution in [0.2, 0.25) is 0 Å². The molecule has 3 rings (SSSR count). The Morgan fingerprint density at radius 2 is 1.58 bits per heavy atom. The minimum atomic E-state index is 0.1000. The second-order valence-corrected chi connectivity index (χ2v) is 6.97. The highest BCUT2D eigenvalue weighted by Crippen LogP contribution is 2.10. The van der Waals surface area contributed by atoms with Gasteiger partial charge in [0.15, 0.2) is 0 Å². The molecule has 4 nitrogen and oxygen atoms in total. The topological polar surface area (TPSA) is 41.6 Å². The van der Waals surface area contributed by atoms with Crippen LogP contribution >= 0.6 is 0 Å². The lowest BCUT2D eigenvalue weighted by molar-refractivity contribution is -0.121. The summed E-state index contributed by atoms with van der Waals surface area (Å²) < 4.78 is 5.38. The first-order chi connectivity index (χ1) is 12.7. The van der Waals surface area contributed by atoms with Crippen LogP contribution in [0, 0.1) is 6.92 Å². The summed E-state index contributed by atoms with van der Waals surface area (Å²) in [6.45, 7) is 7.27. The summed E-state index contributed by atoms with van der Waals surface area (Å²) in [5, 5.41) is 3.02. The zero-order valence-corrected chi connectivity index (χ0v) is 15.5. The van der Waals surface area contributed by atoms with Gasteiger partial charge in [0.1, 0.15) is 0 Å². The van der Waals surface area contributed by atoms with E-state index >= 15 is 0 Å². The number of aryl methyl sites for hydroxylation is 2. The number of morpholine rings is 1. The number of hydrogen-bond donors (Lipinski definition) is 1. The molecule has 0 atom stereocenters. The van der Waals surface area contributed by atoms with E-state index in [9.17, 15) is 4.79 Å². The second kappa shape index (κ2) is 9.51. The molecule has 1 aliphatic rings. The first-order valence-corrected chi connectivity index (χ1v) is 9.39. The minimum Gasteiger partial charge on any atom is -0.379 e. The van der Waals surface area contributed by atoms with Crippen molar-refractivity contribution in [3.05, 3.63) is 70.8 Å². The summed E-state index contributed by atoms with van der Waals surface area (Å²) in [7, 11) is 0. The lowest BCUT2D eigenvalue weighted by Crippen LogP contribution is -2.35. The van der Waals surface area contributed by atoms with Crippen molar-refractivity contribution in [2.45, 2.75) is 32.9 Å². The van der Waals surface area contributed by atoms with Gasteiger partial charge in [0.05, 0.1) is 13.2 Å². The van der Waals surface area contributed by atoms with E-state index in [0.717, 1.165) is 44.8 Å². The van der Waals surface area contributed by atoms with E-state index in [0.29, 0.717) is 13.0 Å². The molecule has 1 aliphatic heterocycles. The van der Waals surface area contributed by atoms with Crippen LogP contribution in [0.25, 0.3) is 0 Å². The van der Waals surface area contributed by atoms with Crippen LogP contribution in [0.3, 0.4) is 0 Å². The highest BCUT2D eigenvalue weighted by atomic mass is 16.5. The number of ether oxygens (including phenoxy) is 1. The molecular formula is C22H28N2O2. The fourth-order valence-corrected chi connectivity index (χ4v) is 3.08. The number of benzene rings is 2. The van der Waals surface area contributed by atoms with E-state index in [4.69, 9.17) is 4.74 Å². The van der Waals surface area contributed by atoms with Gasteiger partial charge < -0.3 is 10.1 Å². The molecular weight excluding hydrogens is 324 g/mol. The second-order valence-electron chi connectivity index (χ2n) is 6.97. The Kier molecular flexibility index (Phi) is 6.81. The quantitative estimate of drug-likeness (QED) is 0.833. The van der Waals surface area contributed by atoms with Crippen molar-refractivity contribution in [3.63, 3.8) is 0 Å². The molecule has 2 aromatic rings. The predicted octanol–water partition coefficient (Wildman–Crippen LogP) is 3.08. The van der Waals surface area contributed by atoms with Crippen molar-refractivity contribution in [1.29, 1.82) is 0 Å². The molecule has 0 bridgehead atoms. The van der Waals surface area contributed by atoms with Crippen molar-refractivity contribution >= 4 is 5.91 Å². The van der Waals surface area contributed by atoms with Crippen LogP contribution in [0.5, 0.6) is 0 Å². The van der Waals surface area contributed by atoms with Crippen LogP contribution in [0.1, 0.15) is 28.7 Å². The molecule has 1 N–H and O–H groups in total. The summed E-state index contributed by atoms with van der Waals surface area (Å²) in [5.74, 6) is 0.1000. The third-order valence-electron chi connectivity index (χ3n) is 4.78. The number of nitrogens with one attached hydrogen (secondary N) is 1. The van der Waals surface area contributed by atoms with Crippen molar-refractivity contribution in [2.75, 3.05) is 26.3 Å². The van der Waals surface area contributed by atoms with E-state index in [1.54, 1.807) is 0 Å². The van der Waals surface area contributed by atoms with Gasteiger partial charge in [-0.2, -0.15) is 0 Å². The maximum Gasteiger partial charge on any atom is 0.220 e. The van der Waals surface area contributed by atoms with Gasteiger partial charge in [-0.05, 0) is 30.0 Å². The largest absolute Gasteiger partial charge is 0.379 e. The standard InChI is InChI=1S/C22H28N2O2/c1-18-2-4-19(5-3-18)10-11-22(25)23-16-20-6-8-21(9-7-20)17-24-12-14-26-15-13-24/h2-9H,10-17H2,1H3,(H,23,25). The van der Waals surface area contributed by atoms with Gasteiger partial charge in [0.2, 0.25) is 5.91 Å². The number of amides is 1. The van der Waals surface area contributed by atoms with Gasteiger partial charge in [-0.15, -0.1) is 0 Å². The number of rotatable bonds is 7. The maximum atomic E-state index is 12.1. The lowest BCUT2D eigenvalue weighted by atomic mass is 10.1. The van der Waals surface area contributed by atoms with Crippen LogP contribution in [0.15, 0.2) is 48.5 Å². The zero-order chi connectivity index (χ0) is 18.2. The number of carbonyl (C=O) groups is 1. The average Bonchev–Trinajstić information content (AvgIpc) is 2.68. The number of nitrogens with zero attached hydrogens (tertiary/aromatic N) is 1. The zero-order valence-electron chi connectivity index (χ0n) is 15.5. The van der Waals surface area contributed by atoms with E-state index < -0.39 is 0 Å². The molecule has 1 amide bonds. The van der Waals surface area contributed by atoms with E-state index in [1.807, 2.05) is 0 Å². The number of hydrogen-bond acceptors (Lipinski definition) is 3. The van der Waals surface area contributed by atoms with Gasteiger partial charge in [-0.1, -0.05) is 54.1 Å². The Morgan fingerprint density at radius 1 is 0.962 bits per heavy atom. The fraction of sp³-hybridized carbons (Fsp3) is 0.409. The van der Waals surface area contributed by atoms with Gasteiger partial charge in [-0.3, -0.25) is 9.69 Å². The normalized spacial score (nSPS) is 15.0. The SMILES string of the molecule is Cc1ccc(CCC(=O)NCc2ccc(CN3CCOCC3)cc2)cc1. The minimum absolute atomic E-state index is 0.1000. The molecule has 1 saturated heterocycles.